The Bertz CT molecular complexity index is 498. The van der Waals surface area contributed by atoms with Crippen molar-refractivity contribution in [2.45, 2.75) is 37.6 Å². The Morgan fingerprint density at radius 3 is 2.37 bits per heavy atom. The molecule has 4 nitrogen and oxygen atoms in total. The molecule has 0 aliphatic carbocycles. The number of sulfonamides is 1. The van der Waals surface area contributed by atoms with Crippen molar-refractivity contribution in [3.8, 4) is 0 Å². The molecule has 0 fully saturated rings. The normalized spacial score (nSPS) is 13.7. The Kier molecular flexibility index (Phi) is 5.97. The van der Waals surface area contributed by atoms with Crippen LogP contribution in [0.3, 0.4) is 0 Å². The van der Waals surface area contributed by atoms with Crippen LogP contribution in [0.1, 0.15) is 25.8 Å². The Labute approximate surface area is 116 Å². The number of hydrogen-bond acceptors (Lipinski definition) is 3. The molecule has 0 aromatic heterocycles. The second-order valence-corrected chi connectivity index (χ2v) is 6.88. The molecule has 0 heterocycles. The molecule has 0 saturated heterocycles. The summed E-state index contributed by atoms with van der Waals surface area (Å²) in [6, 6.07) is 7.56. The average molecular weight is 284 g/mol. The van der Waals surface area contributed by atoms with E-state index in [1.54, 1.807) is 26.2 Å². The maximum Gasteiger partial charge on any atom is 0.242 e. The maximum absolute atomic E-state index is 12.3. The molecule has 108 valence electrons. The Balaban J connectivity index is 3.09. The summed E-state index contributed by atoms with van der Waals surface area (Å²) < 4.78 is 25.8. The molecule has 1 aromatic carbocycles. The minimum Gasteiger partial charge on any atom is -0.314 e. The van der Waals surface area contributed by atoms with Gasteiger partial charge in [-0.3, -0.25) is 0 Å². The highest BCUT2D eigenvalue weighted by Crippen LogP contribution is 2.20. The van der Waals surface area contributed by atoms with Gasteiger partial charge < -0.3 is 5.32 Å². The number of rotatable bonds is 7. The van der Waals surface area contributed by atoms with Crippen LogP contribution in [0, 0.1) is 0 Å². The third-order valence-electron chi connectivity index (χ3n) is 3.18. The van der Waals surface area contributed by atoms with E-state index in [1.807, 2.05) is 12.1 Å². The van der Waals surface area contributed by atoms with Crippen molar-refractivity contribution in [3.05, 3.63) is 29.8 Å². The predicted octanol–water partition coefficient (Wildman–Crippen LogP) is 1.87. The Morgan fingerprint density at radius 2 is 1.84 bits per heavy atom. The van der Waals surface area contributed by atoms with Crippen LogP contribution in [0.4, 0.5) is 0 Å². The number of hydrogen-bond donors (Lipinski definition) is 1. The molecule has 0 bridgehead atoms. The fraction of sp³-hybridized carbons (Fsp3) is 0.571. The second kappa shape index (κ2) is 7.03. The molecule has 0 amide bonds. The third-order valence-corrected chi connectivity index (χ3v) is 5.10. The zero-order valence-corrected chi connectivity index (χ0v) is 13.0. The highest BCUT2D eigenvalue weighted by molar-refractivity contribution is 7.89. The van der Waals surface area contributed by atoms with E-state index < -0.39 is 10.0 Å². The average Bonchev–Trinajstić information content (AvgIpc) is 2.38. The first kappa shape index (κ1) is 16.1. The molecule has 5 heteroatoms. The number of benzene rings is 1. The van der Waals surface area contributed by atoms with Gasteiger partial charge in [0.25, 0.3) is 0 Å². The summed E-state index contributed by atoms with van der Waals surface area (Å²) in [7, 11) is -0.244. The summed E-state index contributed by atoms with van der Waals surface area (Å²) in [5.41, 5.74) is 0.879. The summed E-state index contributed by atoms with van der Waals surface area (Å²) in [5, 5.41) is 3.38. The molecular formula is C14H24N2O2S. The quantitative estimate of drug-likeness (QED) is 0.831. The second-order valence-electron chi connectivity index (χ2n) is 4.76. The van der Waals surface area contributed by atoms with Crippen LogP contribution in [-0.2, 0) is 16.4 Å². The number of nitrogens with zero attached hydrogens (tertiary/aromatic N) is 1. The molecule has 1 N–H and O–H groups in total. The summed E-state index contributed by atoms with van der Waals surface area (Å²) >= 11 is 0. The van der Waals surface area contributed by atoms with Crippen LogP contribution < -0.4 is 5.32 Å². The molecule has 0 saturated carbocycles. The van der Waals surface area contributed by atoms with Crippen LogP contribution in [0.5, 0.6) is 0 Å². The molecule has 0 spiro atoms. The van der Waals surface area contributed by atoms with Gasteiger partial charge in [0.2, 0.25) is 10.0 Å². The van der Waals surface area contributed by atoms with Crippen LogP contribution in [0.15, 0.2) is 29.2 Å². The van der Waals surface area contributed by atoms with Gasteiger partial charge in [-0.2, -0.15) is 0 Å². The van der Waals surface area contributed by atoms with Crippen LogP contribution in [0.2, 0.25) is 0 Å². The van der Waals surface area contributed by atoms with Gasteiger partial charge in [0.05, 0.1) is 4.90 Å². The molecule has 0 aliphatic heterocycles. The van der Waals surface area contributed by atoms with E-state index in [1.165, 1.54) is 4.31 Å². The van der Waals surface area contributed by atoms with Crippen molar-refractivity contribution in [2.24, 2.45) is 0 Å². The van der Waals surface area contributed by atoms with E-state index in [4.69, 9.17) is 0 Å². The third kappa shape index (κ3) is 4.03. The molecule has 19 heavy (non-hydrogen) atoms. The Hall–Kier alpha value is -0.910. The lowest BCUT2D eigenvalue weighted by Crippen LogP contribution is -2.31. The Morgan fingerprint density at radius 1 is 1.21 bits per heavy atom. The van der Waals surface area contributed by atoms with Gasteiger partial charge in [0, 0.05) is 20.1 Å². The highest BCUT2D eigenvalue weighted by atomic mass is 32.2. The van der Waals surface area contributed by atoms with Crippen molar-refractivity contribution in [3.63, 3.8) is 0 Å². The highest BCUT2D eigenvalue weighted by Gasteiger charge is 2.21. The van der Waals surface area contributed by atoms with Crippen molar-refractivity contribution >= 4 is 10.0 Å². The van der Waals surface area contributed by atoms with Gasteiger partial charge in [-0.25, -0.2) is 12.7 Å². The lowest BCUT2D eigenvalue weighted by Gasteiger charge is -2.19. The van der Waals surface area contributed by atoms with Gasteiger partial charge in [-0.05, 0) is 31.0 Å². The van der Waals surface area contributed by atoms with E-state index in [-0.39, 0.29) is 0 Å². The molecular weight excluding hydrogens is 260 g/mol. The topological polar surface area (TPSA) is 49.4 Å². The van der Waals surface area contributed by atoms with Crippen LogP contribution >= 0.6 is 0 Å². The van der Waals surface area contributed by atoms with Gasteiger partial charge in [0.1, 0.15) is 0 Å². The van der Waals surface area contributed by atoms with Crippen molar-refractivity contribution in [2.75, 3.05) is 20.6 Å². The first-order valence-corrected chi connectivity index (χ1v) is 8.11. The summed E-state index contributed by atoms with van der Waals surface area (Å²) in [6.07, 6.45) is 1.71. The molecule has 1 rings (SSSR count). The monoisotopic (exact) mass is 284 g/mol. The predicted molar refractivity (Wildman–Crippen MR) is 78.8 cm³/mol. The molecule has 1 aromatic rings. The van der Waals surface area contributed by atoms with Crippen molar-refractivity contribution < 1.29 is 8.42 Å². The smallest absolute Gasteiger partial charge is 0.242 e. The minimum absolute atomic E-state index is 0.309. The molecule has 0 aliphatic rings. The van der Waals surface area contributed by atoms with E-state index in [2.05, 4.69) is 19.2 Å². The lowest BCUT2D eigenvalue weighted by molar-refractivity contribution is 0.500. The van der Waals surface area contributed by atoms with Gasteiger partial charge >= 0.3 is 0 Å². The fourth-order valence-corrected chi connectivity index (χ4v) is 3.16. The first-order chi connectivity index (χ1) is 8.93. The summed E-state index contributed by atoms with van der Waals surface area (Å²) in [4.78, 5) is 0.413. The summed E-state index contributed by atoms with van der Waals surface area (Å²) in [6.45, 7) is 5.06. The van der Waals surface area contributed by atoms with Gasteiger partial charge in [0.15, 0.2) is 0 Å². The van der Waals surface area contributed by atoms with Crippen molar-refractivity contribution in [1.82, 2.24) is 9.62 Å². The zero-order chi connectivity index (χ0) is 14.5. The number of likely N-dealkylation sites (N-methyl/N-ethyl adjacent to an activating group) is 1. The fourth-order valence-electron chi connectivity index (χ4n) is 2.04. The largest absolute Gasteiger partial charge is 0.314 e. The van der Waals surface area contributed by atoms with Gasteiger partial charge in [-0.1, -0.05) is 32.0 Å². The van der Waals surface area contributed by atoms with Crippen molar-refractivity contribution in [1.29, 1.82) is 0 Å². The lowest BCUT2D eigenvalue weighted by atomic mass is 10.0. The number of nitrogens with one attached hydrogen (secondary N) is 1. The van der Waals surface area contributed by atoms with Gasteiger partial charge in [-0.15, -0.1) is 0 Å². The standard InChI is InChI=1S/C14H24N2O2S/c1-5-13(15-6-2)11-12-9-7-8-10-14(12)19(17,18)16(3)4/h7-10,13,15H,5-6,11H2,1-4H3. The molecule has 1 unspecified atom stereocenters. The van der Waals surface area contributed by atoms with E-state index >= 15 is 0 Å². The van der Waals surface area contributed by atoms with E-state index in [0.717, 1.165) is 24.9 Å². The van der Waals surface area contributed by atoms with Crippen LogP contribution in [0.25, 0.3) is 0 Å². The van der Waals surface area contributed by atoms with Crippen LogP contribution in [-0.4, -0.2) is 39.4 Å². The SMILES string of the molecule is CCNC(CC)Cc1ccccc1S(=O)(=O)N(C)C. The zero-order valence-electron chi connectivity index (χ0n) is 12.2. The summed E-state index contributed by atoms with van der Waals surface area (Å²) in [5.74, 6) is 0. The first-order valence-electron chi connectivity index (χ1n) is 6.67. The molecule has 0 radical (unpaired) electrons. The molecule has 1 atom stereocenters. The minimum atomic E-state index is -3.37. The van der Waals surface area contributed by atoms with E-state index in [9.17, 15) is 8.42 Å². The van der Waals surface area contributed by atoms with E-state index in [0.29, 0.717) is 10.9 Å². The maximum atomic E-state index is 12.3.